The summed E-state index contributed by atoms with van der Waals surface area (Å²) in [6.07, 6.45) is 1.00. The molecule has 2 nitrogen and oxygen atoms in total. The summed E-state index contributed by atoms with van der Waals surface area (Å²) in [5.41, 5.74) is 0.826. The third kappa shape index (κ3) is 2.89. The Morgan fingerprint density at radius 3 is 2.44 bits per heavy atom. The van der Waals surface area contributed by atoms with Gasteiger partial charge in [-0.2, -0.15) is 0 Å². The van der Waals surface area contributed by atoms with E-state index < -0.39 is 0 Å². The average Bonchev–Trinajstić information content (AvgIpc) is 2.40. The van der Waals surface area contributed by atoms with Gasteiger partial charge in [-0.25, -0.2) is 0 Å². The van der Waals surface area contributed by atoms with Crippen molar-refractivity contribution >= 4 is 15.9 Å². The van der Waals surface area contributed by atoms with E-state index in [1.807, 2.05) is 12.1 Å². The summed E-state index contributed by atoms with van der Waals surface area (Å²) >= 11 is 3.50. The quantitative estimate of drug-likeness (QED) is 0.801. The van der Waals surface area contributed by atoms with E-state index in [0.29, 0.717) is 0 Å². The predicted octanol–water partition coefficient (Wildman–Crippen LogP) is 4.48. The van der Waals surface area contributed by atoms with E-state index in [1.165, 1.54) is 5.56 Å². The second-order valence-corrected chi connectivity index (χ2v) is 7.04. The number of benzene rings is 1. The van der Waals surface area contributed by atoms with Crippen LogP contribution in [0, 0.1) is 6.92 Å². The molecule has 1 aromatic carbocycles. The molecule has 18 heavy (non-hydrogen) atoms. The first-order chi connectivity index (χ1) is 8.20. The van der Waals surface area contributed by atoms with Gasteiger partial charge < -0.3 is 9.47 Å². The molecule has 0 N–H and O–H groups in total. The molecule has 100 valence electrons. The molecule has 1 atom stereocenters. The van der Waals surface area contributed by atoms with Gasteiger partial charge in [-0.05, 0) is 58.4 Å². The van der Waals surface area contributed by atoms with E-state index in [0.717, 1.165) is 16.6 Å². The minimum Gasteiger partial charge on any atom is -0.487 e. The van der Waals surface area contributed by atoms with Crippen LogP contribution in [0.15, 0.2) is 22.7 Å². The molecule has 0 aromatic heterocycles. The van der Waals surface area contributed by atoms with Crippen molar-refractivity contribution < 1.29 is 9.47 Å². The van der Waals surface area contributed by atoms with E-state index in [2.05, 4.69) is 56.6 Å². The van der Waals surface area contributed by atoms with Crippen LogP contribution in [0.3, 0.4) is 0 Å². The first-order valence-electron chi connectivity index (χ1n) is 6.33. The number of ether oxygens (including phenoxy) is 2. The Morgan fingerprint density at radius 1 is 1.28 bits per heavy atom. The lowest BCUT2D eigenvalue weighted by Gasteiger charge is -2.27. The zero-order chi connectivity index (χ0) is 13.6. The third-order valence-corrected chi connectivity index (χ3v) is 4.29. The van der Waals surface area contributed by atoms with Crippen molar-refractivity contribution in [3.8, 4) is 5.75 Å². The van der Waals surface area contributed by atoms with E-state index in [4.69, 9.17) is 9.47 Å². The predicted molar refractivity (Wildman–Crippen MR) is 77.2 cm³/mol. The monoisotopic (exact) mass is 312 g/mol. The van der Waals surface area contributed by atoms with Crippen molar-refractivity contribution in [2.45, 2.75) is 58.3 Å². The second-order valence-electron chi connectivity index (χ2n) is 6.19. The smallest absolute Gasteiger partial charge is 0.130 e. The molecule has 1 heterocycles. The normalized spacial score (nSPS) is 25.1. The van der Waals surface area contributed by atoms with Crippen LogP contribution in [-0.2, 0) is 4.74 Å². The lowest BCUT2D eigenvalue weighted by molar-refractivity contribution is -0.0846. The summed E-state index contributed by atoms with van der Waals surface area (Å²) in [6.45, 7) is 10.5. The van der Waals surface area contributed by atoms with Crippen molar-refractivity contribution in [2.75, 3.05) is 0 Å². The lowest BCUT2D eigenvalue weighted by atomic mass is 9.97. The van der Waals surface area contributed by atoms with Gasteiger partial charge >= 0.3 is 0 Å². The highest BCUT2D eigenvalue weighted by molar-refractivity contribution is 9.10. The molecule has 1 fully saturated rings. The fraction of sp³-hybridized carbons (Fsp3) is 0.600. The van der Waals surface area contributed by atoms with Crippen LogP contribution in [-0.4, -0.2) is 17.3 Å². The largest absolute Gasteiger partial charge is 0.487 e. The summed E-state index contributed by atoms with van der Waals surface area (Å²) in [6, 6.07) is 6.09. The van der Waals surface area contributed by atoms with Gasteiger partial charge in [-0.15, -0.1) is 0 Å². The molecule has 0 saturated carbocycles. The molecule has 0 spiro atoms. The van der Waals surface area contributed by atoms with Crippen molar-refractivity contribution in [2.24, 2.45) is 0 Å². The van der Waals surface area contributed by atoms with Gasteiger partial charge in [0, 0.05) is 10.9 Å². The van der Waals surface area contributed by atoms with Gasteiger partial charge in [-0.3, -0.25) is 0 Å². The average molecular weight is 313 g/mol. The Bertz CT molecular complexity index is 452. The molecule has 2 rings (SSSR count). The van der Waals surface area contributed by atoms with Crippen molar-refractivity contribution in [1.82, 2.24) is 0 Å². The number of hydrogen-bond acceptors (Lipinski definition) is 2. The Morgan fingerprint density at radius 2 is 1.94 bits per heavy atom. The SMILES string of the molecule is Cc1cc(OC2CC(C)(C)OC2(C)C)ccc1Br. The summed E-state index contributed by atoms with van der Waals surface area (Å²) in [5, 5.41) is 0. The molecular weight excluding hydrogens is 292 g/mol. The maximum absolute atomic E-state index is 6.12. The van der Waals surface area contributed by atoms with Crippen LogP contribution >= 0.6 is 15.9 Å². The van der Waals surface area contributed by atoms with Crippen LogP contribution in [0.25, 0.3) is 0 Å². The summed E-state index contributed by atoms with van der Waals surface area (Å²) in [5.74, 6) is 0.912. The molecule has 0 bridgehead atoms. The number of rotatable bonds is 2. The van der Waals surface area contributed by atoms with Crippen LogP contribution in [0.4, 0.5) is 0 Å². The van der Waals surface area contributed by atoms with Crippen LogP contribution in [0.5, 0.6) is 5.75 Å². The summed E-state index contributed by atoms with van der Waals surface area (Å²) in [7, 11) is 0. The number of aryl methyl sites for hydroxylation is 1. The summed E-state index contributed by atoms with van der Waals surface area (Å²) < 4.78 is 13.3. The van der Waals surface area contributed by atoms with Crippen LogP contribution in [0.1, 0.15) is 39.7 Å². The highest BCUT2D eigenvalue weighted by atomic mass is 79.9. The number of halogens is 1. The minimum absolute atomic E-state index is 0.0908. The highest BCUT2D eigenvalue weighted by Crippen LogP contribution is 2.39. The molecule has 0 aliphatic carbocycles. The molecular formula is C15H21BrO2. The number of hydrogen-bond donors (Lipinski definition) is 0. The fourth-order valence-corrected chi connectivity index (χ4v) is 2.80. The Balaban J connectivity index is 2.16. The zero-order valence-corrected chi connectivity index (χ0v) is 13.3. The van der Waals surface area contributed by atoms with Crippen LogP contribution < -0.4 is 4.74 Å². The molecule has 1 aliphatic heterocycles. The molecule has 1 aromatic rings. The first kappa shape index (κ1) is 13.9. The van der Waals surface area contributed by atoms with Crippen molar-refractivity contribution in [3.63, 3.8) is 0 Å². The topological polar surface area (TPSA) is 18.5 Å². The van der Waals surface area contributed by atoms with Gasteiger partial charge in [0.25, 0.3) is 0 Å². The lowest BCUT2D eigenvalue weighted by Crippen LogP contribution is -2.36. The molecule has 0 radical (unpaired) electrons. The zero-order valence-electron chi connectivity index (χ0n) is 11.7. The Kier molecular flexibility index (Phi) is 3.50. The van der Waals surface area contributed by atoms with Gasteiger partial charge in [0.15, 0.2) is 0 Å². The Labute approximate surface area is 118 Å². The van der Waals surface area contributed by atoms with Gasteiger partial charge in [0.2, 0.25) is 0 Å². The van der Waals surface area contributed by atoms with E-state index >= 15 is 0 Å². The summed E-state index contributed by atoms with van der Waals surface area (Å²) in [4.78, 5) is 0. The molecule has 3 heteroatoms. The fourth-order valence-electron chi connectivity index (χ4n) is 2.55. The molecule has 1 saturated heterocycles. The van der Waals surface area contributed by atoms with E-state index in [-0.39, 0.29) is 17.3 Å². The second kappa shape index (κ2) is 4.53. The Hall–Kier alpha value is -0.540. The molecule has 1 aliphatic rings. The molecule has 1 unspecified atom stereocenters. The third-order valence-electron chi connectivity index (χ3n) is 3.40. The van der Waals surface area contributed by atoms with E-state index in [9.17, 15) is 0 Å². The van der Waals surface area contributed by atoms with Gasteiger partial charge in [-0.1, -0.05) is 15.9 Å². The van der Waals surface area contributed by atoms with Gasteiger partial charge in [0.05, 0.1) is 5.60 Å². The molecule has 0 amide bonds. The standard InChI is InChI=1S/C15H21BrO2/c1-10-8-11(6-7-12(10)16)17-13-9-14(2,3)18-15(13,4)5/h6-8,13H,9H2,1-5H3. The maximum Gasteiger partial charge on any atom is 0.130 e. The van der Waals surface area contributed by atoms with E-state index in [1.54, 1.807) is 0 Å². The first-order valence-corrected chi connectivity index (χ1v) is 7.12. The highest BCUT2D eigenvalue weighted by Gasteiger charge is 2.47. The van der Waals surface area contributed by atoms with Crippen LogP contribution in [0.2, 0.25) is 0 Å². The minimum atomic E-state index is -0.246. The van der Waals surface area contributed by atoms with Crippen molar-refractivity contribution in [3.05, 3.63) is 28.2 Å². The van der Waals surface area contributed by atoms with Crippen molar-refractivity contribution in [1.29, 1.82) is 0 Å². The maximum atomic E-state index is 6.12. The van der Waals surface area contributed by atoms with Gasteiger partial charge in [0.1, 0.15) is 17.5 Å².